The van der Waals surface area contributed by atoms with Gasteiger partial charge in [0.25, 0.3) is 0 Å². The van der Waals surface area contributed by atoms with Crippen LogP contribution in [0.25, 0.3) is 0 Å². The van der Waals surface area contributed by atoms with Crippen molar-refractivity contribution in [2.45, 2.75) is 71.8 Å². The van der Waals surface area contributed by atoms with Crippen molar-refractivity contribution < 1.29 is 4.79 Å². The molecule has 0 atom stereocenters. The van der Waals surface area contributed by atoms with E-state index < -0.39 is 0 Å². The van der Waals surface area contributed by atoms with Gasteiger partial charge in [0.2, 0.25) is 0 Å². The Kier molecular flexibility index (Phi) is 5.74. The van der Waals surface area contributed by atoms with Gasteiger partial charge in [-0.25, -0.2) is 9.67 Å². The molecule has 2 rings (SSSR count). The summed E-state index contributed by atoms with van der Waals surface area (Å²) in [4.78, 5) is 16.6. The van der Waals surface area contributed by atoms with E-state index in [-0.39, 0.29) is 5.92 Å². The molecule has 0 aromatic carbocycles. The van der Waals surface area contributed by atoms with Crippen LogP contribution in [0.1, 0.15) is 64.6 Å². The molecule has 4 heteroatoms. The number of ketones is 1. The van der Waals surface area contributed by atoms with Gasteiger partial charge in [0.05, 0.1) is 6.42 Å². The van der Waals surface area contributed by atoms with Gasteiger partial charge in [-0.2, -0.15) is 5.10 Å². The van der Waals surface area contributed by atoms with Gasteiger partial charge in [0, 0.05) is 12.5 Å². The topological polar surface area (TPSA) is 47.8 Å². The Hall–Kier alpha value is -1.19. The first kappa shape index (κ1) is 15.2. The maximum absolute atomic E-state index is 12.4. The maximum Gasteiger partial charge on any atom is 0.143 e. The first-order valence-corrected chi connectivity index (χ1v) is 8.14. The lowest BCUT2D eigenvalue weighted by atomic mass is 9.77. The van der Waals surface area contributed by atoms with E-state index in [9.17, 15) is 4.79 Å². The van der Waals surface area contributed by atoms with E-state index >= 15 is 0 Å². The van der Waals surface area contributed by atoms with E-state index in [1.165, 1.54) is 32.1 Å². The summed E-state index contributed by atoms with van der Waals surface area (Å²) >= 11 is 0. The number of hydrogen-bond acceptors (Lipinski definition) is 3. The second-order valence-corrected chi connectivity index (χ2v) is 5.99. The molecule has 1 aromatic rings. The highest BCUT2D eigenvalue weighted by atomic mass is 16.1. The summed E-state index contributed by atoms with van der Waals surface area (Å²) in [7, 11) is 0. The van der Waals surface area contributed by atoms with Crippen LogP contribution in [0.5, 0.6) is 0 Å². The molecule has 0 radical (unpaired) electrons. The fraction of sp³-hybridized carbons (Fsp3) is 0.812. The highest BCUT2D eigenvalue weighted by Crippen LogP contribution is 2.32. The number of carbonyl (C=O) groups is 1. The van der Waals surface area contributed by atoms with Gasteiger partial charge in [-0.05, 0) is 38.5 Å². The number of unbranched alkanes of at least 4 members (excludes halogenated alkanes) is 1. The second-order valence-electron chi connectivity index (χ2n) is 5.99. The van der Waals surface area contributed by atoms with E-state index in [1.807, 2.05) is 11.6 Å². The SMILES string of the molecule is CCCCC1CCC(C(=O)Cc2ncnn2CC)CC1. The minimum absolute atomic E-state index is 0.259. The third kappa shape index (κ3) is 3.90. The average Bonchev–Trinajstić information content (AvgIpc) is 2.92. The van der Waals surface area contributed by atoms with Crippen LogP contribution < -0.4 is 0 Å². The predicted octanol–water partition coefficient (Wildman–Crippen LogP) is 3.41. The summed E-state index contributed by atoms with van der Waals surface area (Å²) in [6.07, 6.45) is 10.6. The van der Waals surface area contributed by atoms with Crippen LogP contribution in [-0.4, -0.2) is 20.5 Å². The van der Waals surface area contributed by atoms with Crippen LogP contribution in [0.4, 0.5) is 0 Å². The fourth-order valence-corrected chi connectivity index (χ4v) is 3.26. The van der Waals surface area contributed by atoms with Crippen LogP contribution in [0.2, 0.25) is 0 Å². The molecule has 1 saturated carbocycles. The molecule has 0 spiro atoms. The number of rotatable bonds is 7. The summed E-state index contributed by atoms with van der Waals surface area (Å²) in [5.41, 5.74) is 0. The lowest BCUT2D eigenvalue weighted by Crippen LogP contribution is -2.24. The molecule has 1 fully saturated rings. The Labute approximate surface area is 122 Å². The van der Waals surface area contributed by atoms with Crippen molar-refractivity contribution in [3.8, 4) is 0 Å². The summed E-state index contributed by atoms with van der Waals surface area (Å²) in [6, 6.07) is 0. The zero-order valence-corrected chi connectivity index (χ0v) is 12.8. The van der Waals surface area contributed by atoms with Crippen molar-refractivity contribution in [3.05, 3.63) is 12.2 Å². The molecule has 0 bridgehead atoms. The molecule has 0 N–H and O–H groups in total. The van der Waals surface area contributed by atoms with Crippen molar-refractivity contribution in [3.63, 3.8) is 0 Å². The third-order valence-electron chi connectivity index (χ3n) is 4.60. The van der Waals surface area contributed by atoms with E-state index in [2.05, 4.69) is 17.0 Å². The van der Waals surface area contributed by atoms with Crippen molar-refractivity contribution >= 4 is 5.78 Å². The highest BCUT2D eigenvalue weighted by Gasteiger charge is 2.26. The number of carbonyl (C=O) groups excluding carboxylic acids is 1. The average molecular weight is 277 g/mol. The van der Waals surface area contributed by atoms with Gasteiger partial charge in [-0.15, -0.1) is 0 Å². The normalized spacial score (nSPS) is 22.9. The molecule has 0 unspecified atom stereocenters. The molecule has 0 saturated heterocycles. The number of hydrogen-bond donors (Lipinski definition) is 0. The van der Waals surface area contributed by atoms with Gasteiger partial charge in [-0.1, -0.05) is 26.2 Å². The Morgan fingerprint density at radius 1 is 1.30 bits per heavy atom. The lowest BCUT2D eigenvalue weighted by molar-refractivity contribution is -0.123. The monoisotopic (exact) mass is 277 g/mol. The van der Waals surface area contributed by atoms with Crippen molar-refractivity contribution in [2.24, 2.45) is 11.8 Å². The molecule has 1 heterocycles. The highest BCUT2D eigenvalue weighted by molar-refractivity contribution is 5.82. The molecule has 20 heavy (non-hydrogen) atoms. The molecule has 0 aliphatic heterocycles. The Morgan fingerprint density at radius 3 is 2.70 bits per heavy atom. The number of aromatic nitrogens is 3. The van der Waals surface area contributed by atoms with E-state index in [0.29, 0.717) is 12.2 Å². The molecule has 1 aromatic heterocycles. The van der Waals surface area contributed by atoms with Crippen LogP contribution in [0, 0.1) is 11.8 Å². The fourth-order valence-electron chi connectivity index (χ4n) is 3.26. The quantitative estimate of drug-likeness (QED) is 0.767. The number of Topliss-reactive ketones (excluding diaryl/α,β-unsaturated/α-hetero) is 1. The second kappa shape index (κ2) is 7.55. The third-order valence-corrected chi connectivity index (χ3v) is 4.60. The minimum atomic E-state index is 0.259. The smallest absolute Gasteiger partial charge is 0.143 e. The lowest BCUT2D eigenvalue weighted by Gasteiger charge is -2.27. The van der Waals surface area contributed by atoms with Gasteiger partial charge >= 0.3 is 0 Å². The summed E-state index contributed by atoms with van der Waals surface area (Å²) in [5, 5.41) is 4.13. The summed E-state index contributed by atoms with van der Waals surface area (Å²) in [5.74, 6) is 2.31. The van der Waals surface area contributed by atoms with Crippen LogP contribution in [0.15, 0.2) is 6.33 Å². The predicted molar refractivity (Wildman–Crippen MR) is 79.4 cm³/mol. The maximum atomic E-state index is 12.4. The molecule has 1 aliphatic carbocycles. The molecule has 112 valence electrons. The van der Waals surface area contributed by atoms with E-state index in [4.69, 9.17) is 0 Å². The van der Waals surface area contributed by atoms with Crippen molar-refractivity contribution in [1.29, 1.82) is 0 Å². The van der Waals surface area contributed by atoms with Gasteiger partial charge < -0.3 is 0 Å². The largest absolute Gasteiger partial charge is 0.299 e. The molecular formula is C16H27N3O. The molecule has 1 aliphatic rings. The van der Waals surface area contributed by atoms with Crippen LogP contribution in [0.3, 0.4) is 0 Å². The van der Waals surface area contributed by atoms with E-state index in [0.717, 1.165) is 31.1 Å². The Balaban J connectivity index is 1.80. The Bertz CT molecular complexity index is 419. The number of aryl methyl sites for hydroxylation is 1. The molecule has 0 amide bonds. The van der Waals surface area contributed by atoms with Gasteiger partial charge in [-0.3, -0.25) is 4.79 Å². The summed E-state index contributed by atoms with van der Waals surface area (Å²) < 4.78 is 1.82. The van der Waals surface area contributed by atoms with E-state index in [1.54, 1.807) is 6.33 Å². The Morgan fingerprint density at radius 2 is 2.05 bits per heavy atom. The minimum Gasteiger partial charge on any atom is -0.299 e. The first-order chi connectivity index (χ1) is 9.74. The molecule has 4 nitrogen and oxygen atoms in total. The van der Waals surface area contributed by atoms with Crippen molar-refractivity contribution in [1.82, 2.24) is 14.8 Å². The zero-order chi connectivity index (χ0) is 14.4. The summed E-state index contributed by atoms with van der Waals surface area (Å²) in [6.45, 7) is 5.06. The zero-order valence-electron chi connectivity index (χ0n) is 12.8. The van der Waals surface area contributed by atoms with Crippen LogP contribution >= 0.6 is 0 Å². The number of nitrogens with zero attached hydrogens (tertiary/aromatic N) is 3. The standard InChI is InChI=1S/C16H27N3O/c1-3-5-6-13-7-9-14(10-8-13)15(20)11-16-17-12-18-19(16)4-2/h12-14H,3-11H2,1-2H3. The first-order valence-electron chi connectivity index (χ1n) is 8.14. The van der Waals surface area contributed by atoms with Gasteiger partial charge in [0.1, 0.15) is 17.9 Å². The van der Waals surface area contributed by atoms with Gasteiger partial charge in [0.15, 0.2) is 0 Å². The van der Waals surface area contributed by atoms with Crippen molar-refractivity contribution in [2.75, 3.05) is 0 Å². The molecular weight excluding hydrogens is 250 g/mol. The van der Waals surface area contributed by atoms with Crippen LogP contribution in [-0.2, 0) is 17.8 Å².